The number of fused-ring (bicyclic) bond motifs is 1. The van der Waals surface area contributed by atoms with Gasteiger partial charge >= 0.3 is 0 Å². The van der Waals surface area contributed by atoms with Gasteiger partial charge in [0.2, 0.25) is 0 Å². The second-order valence-corrected chi connectivity index (χ2v) is 6.39. The molecule has 0 spiro atoms. The van der Waals surface area contributed by atoms with E-state index in [9.17, 15) is 14.9 Å². The summed E-state index contributed by atoms with van der Waals surface area (Å²) in [6.45, 7) is 0.362. The van der Waals surface area contributed by atoms with Gasteiger partial charge in [-0.05, 0) is 30.3 Å². The molecule has 1 aliphatic rings. The van der Waals surface area contributed by atoms with Crippen LogP contribution in [0.2, 0.25) is 0 Å². The maximum absolute atomic E-state index is 12.2. The quantitative estimate of drug-likeness (QED) is 0.606. The maximum atomic E-state index is 12.2. The molecule has 0 fully saturated rings. The van der Waals surface area contributed by atoms with Crippen LogP contribution in [0.25, 0.3) is 0 Å². The number of nitro benzene ring substituents is 1. The largest absolute Gasteiger partial charge is 0.493 e. The van der Waals surface area contributed by atoms with Crippen LogP contribution in [0.3, 0.4) is 0 Å². The molecule has 3 rings (SSSR count). The number of rotatable bonds is 5. The number of ether oxygens (including phenoxy) is 2. The second kappa shape index (κ2) is 7.52. The van der Waals surface area contributed by atoms with Crippen LogP contribution in [0.15, 0.2) is 46.9 Å². The van der Waals surface area contributed by atoms with Crippen molar-refractivity contribution in [2.45, 2.75) is 12.5 Å². The van der Waals surface area contributed by atoms with E-state index in [2.05, 4.69) is 21.2 Å². The summed E-state index contributed by atoms with van der Waals surface area (Å²) in [5, 5.41) is 13.5. The van der Waals surface area contributed by atoms with Gasteiger partial charge in [-0.1, -0.05) is 15.9 Å². The molecule has 1 N–H and O–H groups in total. The third-order valence-electron chi connectivity index (χ3n) is 3.76. The Morgan fingerprint density at radius 2 is 2.08 bits per heavy atom. The Bertz CT molecular complexity index is 794. The molecule has 0 saturated heterocycles. The van der Waals surface area contributed by atoms with Crippen LogP contribution in [-0.4, -0.2) is 24.0 Å². The molecule has 25 heavy (non-hydrogen) atoms. The molecule has 1 aliphatic heterocycles. The Balaban J connectivity index is 1.58. The SMILES string of the molecule is O=C(COc1ccc([N+](=O)[O-])cc1)NC1CCOc2ccc(Br)cc21. The van der Waals surface area contributed by atoms with Gasteiger partial charge in [-0.15, -0.1) is 0 Å². The Morgan fingerprint density at radius 3 is 2.80 bits per heavy atom. The number of nitro groups is 1. The van der Waals surface area contributed by atoms with Gasteiger partial charge in [0.1, 0.15) is 11.5 Å². The van der Waals surface area contributed by atoms with Gasteiger partial charge in [-0.25, -0.2) is 0 Å². The van der Waals surface area contributed by atoms with Crippen LogP contribution in [0.1, 0.15) is 18.0 Å². The first-order chi connectivity index (χ1) is 12.0. The van der Waals surface area contributed by atoms with E-state index in [1.807, 2.05) is 18.2 Å². The third kappa shape index (κ3) is 4.27. The highest BCUT2D eigenvalue weighted by Gasteiger charge is 2.23. The summed E-state index contributed by atoms with van der Waals surface area (Å²) in [4.78, 5) is 22.3. The normalized spacial score (nSPS) is 15.6. The average Bonchev–Trinajstić information content (AvgIpc) is 2.61. The van der Waals surface area contributed by atoms with E-state index in [0.717, 1.165) is 15.8 Å². The van der Waals surface area contributed by atoms with Gasteiger partial charge < -0.3 is 14.8 Å². The van der Waals surface area contributed by atoms with Crippen LogP contribution < -0.4 is 14.8 Å². The Hall–Kier alpha value is -2.61. The van der Waals surface area contributed by atoms with Crippen LogP contribution >= 0.6 is 15.9 Å². The van der Waals surface area contributed by atoms with E-state index < -0.39 is 4.92 Å². The summed E-state index contributed by atoms with van der Waals surface area (Å²) in [6.07, 6.45) is 0.673. The number of halogens is 1. The summed E-state index contributed by atoms with van der Waals surface area (Å²) in [5.74, 6) is 0.892. The summed E-state index contributed by atoms with van der Waals surface area (Å²) in [6, 6.07) is 11.1. The van der Waals surface area contributed by atoms with Gasteiger partial charge in [0.25, 0.3) is 11.6 Å². The van der Waals surface area contributed by atoms with Gasteiger partial charge in [-0.2, -0.15) is 0 Å². The topological polar surface area (TPSA) is 90.7 Å². The van der Waals surface area contributed by atoms with Crippen LogP contribution in [0, 0.1) is 10.1 Å². The lowest BCUT2D eigenvalue weighted by Gasteiger charge is -2.27. The van der Waals surface area contributed by atoms with Crippen molar-refractivity contribution >= 4 is 27.5 Å². The Morgan fingerprint density at radius 1 is 1.32 bits per heavy atom. The fraction of sp³-hybridized carbons (Fsp3) is 0.235. The molecule has 0 bridgehead atoms. The zero-order chi connectivity index (χ0) is 17.8. The fourth-order valence-electron chi connectivity index (χ4n) is 2.56. The van der Waals surface area contributed by atoms with Crippen LogP contribution in [-0.2, 0) is 4.79 Å². The molecule has 7 nitrogen and oxygen atoms in total. The monoisotopic (exact) mass is 406 g/mol. The van der Waals surface area contributed by atoms with E-state index in [-0.39, 0.29) is 24.2 Å². The van der Waals surface area contributed by atoms with Crippen LogP contribution in [0.5, 0.6) is 11.5 Å². The highest BCUT2D eigenvalue weighted by molar-refractivity contribution is 9.10. The lowest BCUT2D eigenvalue weighted by molar-refractivity contribution is -0.384. The minimum absolute atomic E-state index is 0.0267. The van der Waals surface area contributed by atoms with E-state index >= 15 is 0 Å². The summed E-state index contributed by atoms with van der Waals surface area (Å²) < 4.78 is 11.9. The number of amides is 1. The highest BCUT2D eigenvalue weighted by atomic mass is 79.9. The molecule has 0 aliphatic carbocycles. The number of benzene rings is 2. The zero-order valence-electron chi connectivity index (χ0n) is 13.1. The number of nitrogens with zero attached hydrogens (tertiary/aromatic N) is 1. The summed E-state index contributed by atoms with van der Waals surface area (Å²) in [7, 11) is 0. The van der Waals surface area contributed by atoms with Gasteiger partial charge in [0, 0.05) is 28.6 Å². The first-order valence-electron chi connectivity index (χ1n) is 7.62. The third-order valence-corrected chi connectivity index (χ3v) is 4.26. The number of carbonyl (C=O) groups is 1. The zero-order valence-corrected chi connectivity index (χ0v) is 14.7. The average molecular weight is 407 g/mol. The number of hydrogen-bond acceptors (Lipinski definition) is 5. The molecule has 1 unspecified atom stereocenters. The van der Waals surface area contributed by atoms with Crippen molar-refractivity contribution in [2.24, 2.45) is 0 Å². The lowest BCUT2D eigenvalue weighted by Crippen LogP contribution is -2.35. The van der Waals surface area contributed by atoms with Crippen molar-refractivity contribution in [1.82, 2.24) is 5.32 Å². The van der Waals surface area contributed by atoms with Gasteiger partial charge in [0.05, 0.1) is 17.6 Å². The van der Waals surface area contributed by atoms with Crippen molar-refractivity contribution in [3.8, 4) is 11.5 Å². The Labute approximate surface area is 152 Å². The number of carbonyl (C=O) groups excluding carboxylic acids is 1. The molecular formula is C17H15BrN2O5. The van der Waals surface area contributed by atoms with E-state index in [0.29, 0.717) is 18.8 Å². The molecular weight excluding hydrogens is 392 g/mol. The highest BCUT2D eigenvalue weighted by Crippen LogP contribution is 2.34. The van der Waals surface area contributed by atoms with Crippen molar-refractivity contribution in [1.29, 1.82) is 0 Å². The minimum Gasteiger partial charge on any atom is -0.493 e. The number of non-ortho nitro benzene ring substituents is 1. The smallest absolute Gasteiger partial charge is 0.269 e. The first kappa shape index (κ1) is 17.2. The van der Waals surface area contributed by atoms with Crippen molar-refractivity contribution in [3.05, 3.63) is 62.6 Å². The van der Waals surface area contributed by atoms with Crippen LogP contribution in [0.4, 0.5) is 5.69 Å². The molecule has 0 radical (unpaired) electrons. The molecule has 8 heteroatoms. The summed E-state index contributed by atoms with van der Waals surface area (Å²) in [5.41, 5.74) is 0.894. The molecule has 2 aromatic rings. The maximum Gasteiger partial charge on any atom is 0.269 e. The van der Waals surface area contributed by atoms with E-state index in [1.54, 1.807) is 0 Å². The predicted molar refractivity (Wildman–Crippen MR) is 93.7 cm³/mol. The van der Waals surface area contributed by atoms with Gasteiger partial charge in [0.15, 0.2) is 6.61 Å². The second-order valence-electron chi connectivity index (χ2n) is 5.48. The predicted octanol–water partition coefficient (Wildman–Crippen LogP) is 3.38. The fourth-order valence-corrected chi connectivity index (χ4v) is 2.94. The number of nitrogens with one attached hydrogen (secondary N) is 1. The van der Waals surface area contributed by atoms with Crippen molar-refractivity contribution < 1.29 is 19.2 Å². The van der Waals surface area contributed by atoms with Crippen molar-refractivity contribution in [3.63, 3.8) is 0 Å². The minimum atomic E-state index is -0.489. The molecule has 1 atom stereocenters. The molecule has 2 aromatic carbocycles. The molecule has 0 saturated carbocycles. The molecule has 130 valence electrons. The van der Waals surface area contributed by atoms with Gasteiger partial charge in [-0.3, -0.25) is 14.9 Å². The van der Waals surface area contributed by atoms with E-state index in [1.165, 1.54) is 24.3 Å². The Kier molecular flexibility index (Phi) is 5.18. The molecule has 1 heterocycles. The van der Waals surface area contributed by atoms with Crippen molar-refractivity contribution in [2.75, 3.05) is 13.2 Å². The molecule has 1 amide bonds. The number of hydrogen-bond donors (Lipinski definition) is 1. The lowest BCUT2D eigenvalue weighted by atomic mass is 10.0. The van der Waals surface area contributed by atoms with E-state index in [4.69, 9.17) is 9.47 Å². The summed E-state index contributed by atoms with van der Waals surface area (Å²) >= 11 is 3.42. The first-order valence-corrected chi connectivity index (χ1v) is 8.41. The standard InChI is InChI=1S/C17H15BrN2O5/c18-11-1-6-16-14(9-11)15(7-8-24-16)19-17(21)10-25-13-4-2-12(3-5-13)20(22)23/h1-6,9,15H,7-8,10H2,(H,19,21). The molecule has 0 aromatic heterocycles.